The Labute approximate surface area is 227 Å². The summed E-state index contributed by atoms with van der Waals surface area (Å²) in [7, 11) is 0. The largest absolute Gasteiger partial charge is 0.484 e. The molecule has 0 spiro atoms. The third kappa shape index (κ3) is 4.77. The van der Waals surface area contributed by atoms with Crippen molar-refractivity contribution >= 4 is 5.52 Å². The van der Waals surface area contributed by atoms with Gasteiger partial charge in [-0.2, -0.15) is 23.5 Å². The summed E-state index contributed by atoms with van der Waals surface area (Å²) >= 11 is 0. The molecule has 4 aromatic rings. The van der Waals surface area contributed by atoms with Crippen LogP contribution in [0.1, 0.15) is 54.3 Å². The highest BCUT2D eigenvalue weighted by atomic mass is 19.4. The average molecular weight is 553 g/mol. The van der Waals surface area contributed by atoms with Gasteiger partial charge in [-0.25, -0.2) is 9.20 Å². The molecular formula is C27H27F3N8O2. The molecule has 4 aromatic heterocycles. The summed E-state index contributed by atoms with van der Waals surface area (Å²) in [4.78, 5) is 6.21. The summed E-state index contributed by atoms with van der Waals surface area (Å²) in [6.45, 7) is 6.98. The fourth-order valence-electron chi connectivity index (χ4n) is 5.42. The van der Waals surface area contributed by atoms with Crippen LogP contribution in [0.15, 0.2) is 36.9 Å². The molecule has 0 bridgehead atoms. The number of ether oxygens (including phenoxy) is 2. The molecule has 1 atom stereocenters. The topological polar surface area (TPSA) is 106 Å². The molecule has 0 aliphatic carbocycles. The number of hydrogen-bond acceptors (Lipinski definition) is 8. The number of halogens is 3. The minimum Gasteiger partial charge on any atom is -0.484 e. The number of nitrogens with zero attached hydrogens (tertiary/aromatic N) is 8. The molecule has 2 fully saturated rings. The van der Waals surface area contributed by atoms with E-state index in [0.29, 0.717) is 28.6 Å². The van der Waals surface area contributed by atoms with E-state index in [0.717, 1.165) is 57.1 Å². The van der Waals surface area contributed by atoms with Crippen molar-refractivity contribution in [3.05, 3.63) is 59.3 Å². The predicted molar refractivity (Wildman–Crippen MR) is 136 cm³/mol. The van der Waals surface area contributed by atoms with E-state index < -0.39 is 17.8 Å². The van der Waals surface area contributed by atoms with Crippen LogP contribution in [-0.2, 0) is 10.9 Å². The van der Waals surface area contributed by atoms with Gasteiger partial charge >= 0.3 is 6.18 Å². The molecule has 0 N–H and O–H groups in total. The molecule has 2 saturated heterocycles. The predicted octanol–water partition coefficient (Wildman–Crippen LogP) is 4.36. The second kappa shape index (κ2) is 10.2. The SMILES string of the molecule is Cc1c(-c2cc(OC(C)c3cncc(C(F)(F)F)c3)c3c(C#N)cnn3c2)nnn1C1CN(C2CCOCC2)C1. The Kier molecular flexibility index (Phi) is 6.67. The normalized spacial score (nSPS) is 18.0. The molecule has 0 radical (unpaired) electrons. The summed E-state index contributed by atoms with van der Waals surface area (Å²) in [5, 5.41) is 22.8. The van der Waals surface area contributed by atoms with Crippen LogP contribution in [0, 0.1) is 18.3 Å². The molecule has 0 saturated carbocycles. The first kappa shape index (κ1) is 26.2. The highest BCUT2D eigenvalue weighted by molar-refractivity contribution is 5.74. The van der Waals surface area contributed by atoms with E-state index in [-0.39, 0.29) is 17.2 Å². The molecular weight excluding hydrogens is 525 g/mol. The lowest BCUT2D eigenvalue weighted by molar-refractivity contribution is -0.137. The Balaban J connectivity index is 1.29. The number of fused-ring (bicyclic) bond motifs is 1. The van der Waals surface area contributed by atoms with Gasteiger partial charge in [0.05, 0.1) is 23.5 Å². The summed E-state index contributed by atoms with van der Waals surface area (Å²) in [6.07, 6.45) is 2.04. The quantitative estimate of drug-likeness (QED) is 0.347. The molecule has 1 unspecified atom stereocenters. The molecule has 2 aliphatic heterocycles. The van der Waals surface area contributed by atoms with Gasteiger partial charge in [0, 0.05) is 62.1 Å². The maximum atomic E-state index is 13.3. The Morgan fingerprint density at radius 3 is 2.62 bits per heavy atom. The molecule has 10 nitrogen and oxygen atoms in total. The molecule has 0 amide bonds. The van der Waals surface area contributed by atoms with Crippen molar-refractivity contribution in [2.75, 3.05) is 26.3 Å². The van der Waals surface area contributed by atoms with Gasteiger partial charge in [-0.3, -0.25) is 9.88 Å². The Bertz CT molecular complexity index is 1580. The first-order chi connectivity index (χ1) is 19.2. The van der Waals surface area contributed by atoms with E-state index in [1.54, 1.807) is 19.2 Å². The van der Waals surface area contributed by atoms with Gasteiger partial charge in [0.15, 0.2) is 0 Å². The Morgan fingerprint density at radius 1 is 1.12 bits per heavy atom. The van der Waals surface area contributed by atoms with Crippen LogP contribution >= 0.6 is 0 Å². The lowest BCUT2D eigenvalue weighted by Crippen LogP contribution is -2.54. The van der Waals surface area contributed by atoms with Crippen LogP contribution in [0.2, 0.25) is 0 Å². The fraction of sp³-hybridized carbons (Fsp3) is 0.444. The lowest BCUT2D eigenvalue weighted by atomic mass is 9.99. The van der Waals surface area contributed by atoms with Crippen LogP contribution in [0.5, 0.6) is 5.75 Å². The van der Waals surface area contributed by atoms with Crippen molar-refractivity contribution in [1.29, 1.82) is 5.26 Å². The maximum Gasteiger partial charge on any atom is 0.417 e. The van der Waals surface area contributed by atoms with Crippen molar-refractivity contribution in [2.45, 2.75) is 51.1 Å². The summed E-state index contributed by atoms with van der Waals surface area (Å²) < 4.78 is 54.9. The summed E-state index contributed by atoms with van der Waals surface area (Å²) in [6, 6.07) is 5.59. The lowest BCUT2D eigenvalue weighted by Gasteiger charge is -2.45. The van der Waals surface area contributed by atoms with Gasteiger partial charge < -0.3 is 9.47 Å². The molecule has 2 aliphatic rings. The number of alkyl halides is 3. The number of rotatable bonds is 6. The fourth-order valence-corrected chi connectivity index (χ4v) is 5.42. The van der Waals surface area contributed by atoms with Crippen molar-refractivity contribution < 1.29 is 22.6 Å². The minimum absolute atomic E-state index is 0.215. The van der Waals surface area contributed by atoms with Gasteiger partial charge in [-0.1, -0.05) is 5.21 Å². The molecule has 6 heterocycles. The summed E-state index contributed by atoms with van der Waals surface area (Å²) in [5.41, 5.74) is 2.25. The third-order valence-corrected chi connectivity index (χ3v) is 7.70. The van der Waals surface area contributed by atoms with E-state index >= 15 is 0 Å². The second-order valence-corrected chi connectivity index (χ2v) is 10.2. The smallest absolute Gasteiger partial charge is 0.417 e. The average Bonchev–Trinajstić information content (AvgIpc) is 3.51. The highest BCUT2D eigenvalue weighted by Crippen LogP contribution is 2.36. The van der Waals surface area contributed by atoms with E-state index in [1.165, 1.54) is 16.9 Å². The van der Waals surface area contributed by atoms with Crippen LogP contribution in [-0.4, -0.2) is 66.8 Å². The molecule has 6 rings (SSSR count). The van der Waals surface area contributed by atoms with E-state index in [9.17, 15) is 18.4 Å². The Hall–Kier alpha value is -4.02. The third-order valence-electron chi connectivity index (χ3n) is 7.70. The van der Waals surface area contributed by atoms with Gasteiger partial charge in [-0.05, 0) is 38.8 Å². The first-order valence-corrected chi connectivity index (χ1v) is 13.1. The number of nitriles is 1. The van der Waals surface area contributed by atoms with Gasteiger partial charge in [0.1, 0.15) is 34.7 Å². The van der Waals surface area contributed by atoms with Crippen LogP contribution in [0.25, 0.3) is 16.8 Å². The number of hydrogen-bond donors (Lipinski definition) is 0. The van der Waals surface area contributed by atoms with Crippen molar-refractivity contribution in [2.24, 2.45) is 0 Å². The van der Waals surface area contributed by atoms with Crippen LogP contribution in [0.3, 0.4) is 0 Å². The molecule has 0 aromatic carbocycles. The Morgan fingerprint density at radius 2 is 1.90 bits per heavy atom. The zero-order chi connectivity index (χ0) is 28.0. The van der Waals surface area contributed by atoms with Crippen molar-refractivity contribution in [3.8, 4) is 23.1 Å². The zero-order valence-electron chi connectivity index (χ0n) is 22.0. The number of likely N-dealkylation sites (tertiary alicyclic amines) is 1. The van der Waals surface area contributed by atoms with Crippen LogP contribution in [0.4, 0.5) is 13.2 Å². The standard InChI is InChI=1S/C27H27F3N8O2/c1-16-25(34-35-38(16)23-14-36(15-23)22-3-5-39-6-4-22)19-8-24(26-20(9-31)11-33-37(26)13-19)40-17(2)18-7-21(12-32-10-18)27(28,29)30/h7-8,10-13,17,22-23H,3-6,14-15H2,1-2H3. The maximum absolute atomic E-state index is 13.3. The van der Waals surface area contributed by atoms with E-state index in [1.807, 2.05) is 11.6 Å². The second-order valence-electron chi connectivity index (χ2n) is 10.2. The molecule has 208 valence electrons. The van der Waals surface area contributed by atoms with E-state index in [4.69, 9.17) is 9.47 Å². The van der Waals surface area contributed by atoms with E-state index in [2.05, 4.69) is 31.4 Å². The van der Waals surface area contributed by atoms with Crippen molar-refractivity contribution in [3.63, 3.8) is 0 Å². The highest BCUT2D eigenvalue weighted by Gasteiger charge is 2.36. The minimum atomic E-state index is -4.53. The van der Waals surface area contributed by atoms with Crippen molar-refractivity contribution in [1.82, 2.24) is 34.5 Å². The van der Waals surface area contributed by atoms with Gasteiger partial charge in [0.25, 0.3) is 0 Å². The first-order valence-electron chi connectivity index (χ1n) is 13.1. The zero-order valence-corrected chi connectivity index (χ0v) is 22.0. The summed E-state index contributed by atoms with van der Waals surface area (Å²) in [5.74, 6) is 0.291. The van der Waals surface area contributed by atoms with Gasteiger partial charge in [-0.15, -0.1) is 5.10 Å². The molecule has 40 heavy (non-hydrogen) atoms. The van der Waals surface area contributed by atoms with Crippen LogP contribution < -0.4 is 4.74 Å². The number of aromatic nitrogens is 6. The number of pyridine rings is 2. The monoisotopic (exact) mass is 552 g/mol. The molecule has 13 heteroatoms. The van der Waals surface area contributed by atoms with Gasteiger partial charge in [0.2, 0.25) is 0 Å².